The summed E-state index contributed by atoms with van der Waals surface area (Å²) in [5.74, 6) is 1.00. The lowest BCUT2D eigenvalue weighted by Crippen LogP contribution is -2.61. The number of carbonyl (C=O) groups excluding carboxylic acids is 2. The summed E-state index contributed by atoms with van der Waals surface area (Å²) >= 11 is 0. The molecular formula is C17H21N5O3. The number of aliphatic imine (C=N–C) groups is 1. The quantitative estimate of drug-likeness (QED) is 0.767. The van der Waals surface area contributed by atoms with Crippen LogP contribution in [-0.4, -0.2) is 35.4 Å². The molecule has 0 unspecified atom stereocenters. The Kier molecular flexibility index (Phi) is 4.60. The second-order valence-electron chi connectivity index (χ2n) is 5.95. The number of para-hydroxylation sites is 2. The summed E-state index contributed by atoms with van der Waals surface area (Å²) < 4.78 is 5.53. The first-order chi connectivity index (χ1) is 12.0. The summed E-state index contributed by atoms with van der Waals surface area (Å²) in [6.07, 6.45) is 0.0324. The van der Waals surface area contributed by atoms with Crippen molar-refractivity contribution in [2.45, 2.75) is 33.2 Å². The van der Waals surface area contributed by atoms with E-state index in [1.54, 1.807) is 17.1 Å². The number of allylic oxidation sites excluding steroid dienone is 1. The van der Waals surface area contributed by atoms with Gasteiger partial charge in [-0.2, -0.15) is 4.99 Å². The minimum absolute atomic E-state index is 0.0324. The molecule has 2 aliphatic rings. The van der Waals surface area contributed by atoms with Gasteiger partial charge in [-0.3, -0.25) is 20.3 Å². The van der Waals surface area contributed by atoms with Crippen molar-refractivity contribution in [3.8, 4) is 5.75 Å². The van der Waals surface area contributed by atoms with Gasteiger partial charge in [-0.1, -0.05) is 12.1 Å². The van der Waals surface area contributed by atoms with E-state index < -0.39 is 6.04 Å². The first-order valence-electron chi connectivity index (χ1n) is 8.14. The maximum Gasteiger partial charge on any atom is 0.249 e. The highest BCUT2D eigenvalue weighted by molar-refractivity contribution is 6.08. The fraction of sp³-hybridized carbons (Fsp3) is 0.353. The maximum absolute atomic E-state index is 12.8. The second kappa shape index (κ2) is 6.84. The van der Waals surface area contributed by atoms with Crippen molar-refractivity contribution in [3.05, 3.63) is 35.7 Å². The number of hydrogen-bond donors (Lipinski definition) is 3. The van der Waals surface area contributed by atoms with Gasteiger partial charge >= 0.3 is 0 Å². The van der Waals surface area contributed by atoms with Crippen LogP contribution < -0.4 is 20.8 Å². The van der Waals surface area contributed by atoms with Gasteiger partial charge in [0.25, 0.3) is 0 Å². The topological polar surface area (TPSA) is 95.1 Å². The van der Waals surface area contributed by atoms with Crippen molar-refractivity contribution in [2.75, 3.05) is 11.9 Å². The van der Waals surface area contributed by atoms with Crippen LogP contribution in [-0.2, 0) is 9.59 Å². The van der Waals surface area contributed by atoms with E-state index >= 15 is 0 Å². The van der Waals surface area contributed by atoms with Gasteiger partial charge < -0.3 is 10.1 Å². The maximum atomic E-state index is 12.8. The molecule has 0 saturated carbocycles. The second-order valence-corrected chi connectivity index (χ2v) is 5.95. The number of benzene rings is 1. The third-order valence-electron chi connectivity index (χ3n) is 3.83. The van der Waals surface area contributed by atoms with Gasteiger partial charge in [-0.25, -0.2) is 5.01 Å². The van der Waals surface area contributed by atoms with Gasteiger partial charge in [0.2, 0.25) is 17.8 Å². The number of guanidine groups is 1. The third-order valence-corrected chi connectivity index (χ3v) is 3.83. The summed E-state index contributed by atoms with van der Waals surface area (Å²) in [6.45, 7) is 6.18. The Balaban J connectivity index is 1.81. The predicted octanol–water partition coefficient (Wildman–Crippen LogP) is 1.34. The first kappa shape index (κ1) is 16.8. The predicted molar refractivity (Wildman–Crippen MR) is 93.6 cm³/mol. The lowest BCUT2D eigenvalue weighted by molar-refractivity contribution is -0.129. The first-order valence-corrected chi connectivity index (χ1v) is 8.14. The number of hydrogen-bond acceptors (Lipinski definition) is 6. The van der Waals surface area contributed by atoms with Crippen molar-refractivity contribution in [1.82, 2.24) is 15.8 Å². The Morgan fingerprint density at radius 2 is 2.16 bits per heavy atom. The number of hydrazine groups is 1. The zero-order valence-corrected chi connectivity index (χ0v) is 14.4. The van der Waals surface area contributed by atoms with E-state index in [4.69, 9.17) is 4.74 Å². The fourth-order valence-corrected chi connectivity index (χ4v) is 2.61. The molecule has 132 valence electrons. The molecule has 1 saturated heterocycles. The fourth-order valence-electron chi connectivity index (χ4n) is 2.61. The number of nitrogens with zero attached hydrogens (tertiary/aromatic N) is 2. The Morgan fingerprint density at radius 3 is 2.88 bits per heavy atom. The van der Waals surface area contributed by atoms with Crippen LogP contribution in [0.4, 0.5) is 5.69 Å². The Hall–Kier alpha value is -3.03. The average molecular weight is 343 g/mol. The molecular weight excluding hydrogens is 322 g/mol. The van der Waals surface area contributed by atoms with Crippen LogP contribution >= 0.6 is 0 Å². The molecule has 2 aliphatic heterocycles. The molecule has 1 aromatic rings. The van der Waals surface area contributed by atoms with Crippen molar-refractivity contribution in [2.24, 2.45) is 4.99 Å². The Labute approximate surface area is 145 Å². The van der Waals surface area contributed by atoms with Crippen molar-refractivity contribution < 1.29 is 14.3 Å². The number of carbonyl (C=O) groups is 2. The smallest absolute Gasteiger partial charge is 0.249 e. The molecule has 0 bridgehead atoms. The molecule has 1 fully saturated rings. The van der Waals surface area contributed by atoms with Crippen LogP contribution in [0.3, 0.4) is 0 Å². The highest BCUT2D eigenvalue weighted by atomic mass is 16.5. The minimum Gasteiger partial charge on any atom is -0.492 e. The number of ether oxygens (including phenoxy) is 1. The molecule has 1 aromatic carbocycles. The molecule has 2 amide bonds. The van der Waals surface area contributed by atoms with Crippen molar-refractivity contribution >= 4 is 23.5 Å². The minimum atomic E-state index is -0.709. The van der Waals surface area contributed by atoms with Gasteiger partial charge in [0.15, 0.2) is 0 Å². The molecule has 2 heterocycles. The highest BCUT2D eigenvalue weighted by Crippen LogP contribution is 2.25. The molecule has 1 atom stereocenters. The van der Waals surface area contributed by atoms with Crippen LogP contribution in [0.25, 0.3) is 0 Å². The summed E-state index contributed by atoms with van der Waals surface area (Å²) in [6, 6.07) is 6.49. The number of amides is 2. The molecule has 25 heavy (non-hydrogen) atoms. The van der Waals surface area contributed by atoms with E-state index in [-0.39, 0.29) is 18.2 Å². The lowest BCUT2D eigenvalue weighted by atomic mass is 10.1. The molecule has 0 aliphatic carbocycles. The van der Waals surface area contributed by atoms with Gasteiger partial charge in [-0.05, 0) is 38.5 Å². The van der Waals surface area contributed by atoms with E-state index in [0.717, 1.165) is 5.57 Å². The SMILES string of the molecule is CCOc1ccccc1NC(=O)[C@H]1CC(=O)NC2=NC(=C(C)C)NN21. The van der Waals surface area contributed by atoms with Crippen LogP contribution in [0.15, 0.2) is 40.7 Å². The number of nitrogens with one attached hydrogen (secondary N) is 3. The van der Waals surface area contributed by atoms with Crippen LogP contribution in [0.5, 0.6) is 5.75 Å². The van der Waals surface area contributed by atoms with Gasteiger partial charge in [0.1, 0.15) is 17.6 Å². The molecule has 0 aromatic heterocycles. The average Bonchev–Trinajstić information content (AvgIpc) is 3.00. The standard InChI is InChI=1S/C17H21N5O3/c1-4-25-13-8-6-5-7-11(13)18-16(24)12-9-14(23)19-17-20-15(10(2)3)21-22(12)17/h5-8,12,21H,4,9H2,1-3H3,(H,18,24)(H,19,20,23)/t12-/m1/s1. The molecule has 0 radical (unpaired) electrons. The normalized spacial score (nSPS) is 18.8. The zero-order chi connectivity index (χ0) is 18.0. The van der Waals surface area contributed by atoms with Gasteiger partial charge in [-0.15, -0.1) is 0 Å². The van der Waals surface area contributed by atoms with E-state index in [2.05, 4.69) is 21.1 Å². The van der Waals surface area contributed by atoms with Crippen LogP contribution in [0, 0.1) is 0 Å². The number of anilines is 1. The molecule has 0 spiro atoms. The third kappa shape index (κ3) is 3.42. The monoisotopic (exact) mass is 343 g/mol. The lowest BCUT2D eigenvalue weighted by Gasteiger charge is -2.32. The van der Waals surface area contributed by atoms with E-state index in [1.165, 1.54) is 0 Å². The number of fused-ring (bicyclic) bond motifs is 1. The Morgan fingerprint density at radius 1 is 1.40 bits per heavy atom. The summed E-state index contributed by atoms with van der Waals surface area (Å²) in [4.78, 5) is 29.1. The van der Waals surface area contributed by atoms with E-state index in [0.29, 0.717) is 29.8 Å². The largest absolute Gasteiger partial charge is 0.492 e. The van der Waals surface area contributed by atoms with Gasteiger partial charge in [0.05, 0.1) is 18.7 Å². The molecule has 3 N–H and O–H groups in total. The number of rotatable bonds is 4. The summed E-state index contributed by atoms with van der Waals surface area (Å²) in [5.41, 5.74) is 4.60. The van der Waals surface area contributed by atoms with Crippen LogP contribution in [0.2, 0.25) is 0 Å². The zero-order valence-electron chi connectivity index (χ0n) is 14.4. The van der Waals surface area contributed by atoms with Gasteiger partial charge in [0, 0.05) is 0 Å². The molecule has 3 rings (SSSR count). The van der Waals surface area contributed by atoms with Crippen molar-refractivity contribution in [1.29, 1.82) is 0 Å². The van der Waals surface area contributed by atoms with Crippen LogP contribution in [0.1, 0.15) is 27.2 Å². The van der Waals surface area contributed by atoms with E-state index in [9.17, 15) is 9.59 Å². The highest BCUT2D eigenvalue weighted by Gasteiger charge is 2.39. The Bertz CT molecular complexity index is 767. The summed E-state index contributed by atoms with van der Waals surface area (Å²) in [5, 5.41) is 7.11. The van der Waals surface area contributed by atoms with E-state index in [1.807, 2.05) is 32.9 Å². The summed E-state index contributed by atoms with van der Waals surface area (Å²) in [7, 11) is 0. The van der Waals surface area contributed by atoms with Crippen molar-refractivity contribution in [3.63, 3.8) is 0 Å². The molecule has 8 nitrogen and oxygen atoms in total. The molecule has 8 heteroatoms.